The third-order valence-corrected chi connectivity index (χ3v) is 3.95. The molecule has 0 unspecified atom stereocenters. The van der Waals surface area contributed by atoms with E-state index in [2.05, 4.69) is 4.40 Å². The first-order chi connectivity index (χ1) is 8.45. The van der Waals surface area contributed by atoms with Crippen molar-refractivity contribution < 1.29 is 18.0 Å². The number of amides is 1. The van der Waals surface area contributed by atoms with Crippen LogP contribution in [0.3, 0.4) is 0 Å². The minimum Gasteiger partial charge on any atom is -0.312 e. The molecule has 1 heterocycles. The molecule has 0 saturated heterocycles. The van der Waals surface area contributed by atoms with Crippen LogP contribution in [0, 0.1) is 0 Å². The molecular weight excluding hydrogens is 256 g/mol. The van der Waals surface area contributed by atoms with Crippen LogP contribution in [-0.4, -0.2) is 26.9 Å². The van der Waals surface area contributed by atoms with Crippen LogP contribution in [-0.2, 0) is 26.0 Å². The molecule has 1 aromatic carbocycles. The summed E-state index contributed by atoms with van der Waals surface area (Å²) in [4.78, 5) is 22.8. The average Bonchev–Trinajstić information content (AvgIpc) is 2.71. The van der Waals surface area contributed by atoms with E-state index in [1.54, 1.807) is 6.07 Å². The van der Waals surface area contributed by atoms with Crippen LogP contribution in [0.4, 0.5) is 5.69 Å². The maximum absolute atomic E-state index is 11.6. The molecule has 0 atom stereocenters. The lowest BCUT2D eigenvalue weighted by molar-refractivity contribution is -0.116. The van der Waals surface area contributed by atoms with Crippen molar-refractivity contribution in [3.8, 4) is 0 Å². The number of carbonyl (C=O) groups excluding carboxylic acids is 2. The highest BCUT2D eigenvalue weighted by atomic mass is 32.2. The Bertz CT molecular complexity index is 660. The molecule has 0 bridgehead atoms. The Balaban J connectivity index is 2.54. The standard InChI is InChI=1S/C11H10N2O4S/c1-8(15)13-5-4-9-2-3-10(6-11(9)13)18(16,17)12-7-14/h2-3,6H,4-5H2,1H3. The van der Waals surface area contributed by atoms with E-state index in [1.807, 2.05) is 0 Å². The third kappa shape index (κ3) is 2.05. The zero-order valence-corrected chi connectivity index (χ0v) is 10.4. The molecule has 1 aromatic rings. The summed E-state index contributed by atoms with van der Waals surface area (Å²) in [6, 6.07) is 4.37. The SMILES string of the molecule is CC(=O)N1CCc2ccc(S(=O)(=O)N=C=O)cc21. The third-order valence-electron chi connectivity index (χ3n) is 2.79. The van der Waals surface area contributed by atoms with Gasteiger partial charge in [-0.15, -0.1) is 0 Å². The van der Waals surface area contributed by atoms with Gasteiger partial charge in [0, 0.05) is 19.2 Å². The van der Waals surface area contributed by atoms with Crippen LogP contribution in [0.25, 0.3) is 0 Å². The first-order valence-corrected chi connectivity index (χ1v) is 6.65. The lowest BCUT2D eigenvalue weighted by atomic mass is 10.2. The maximum atomic E-state index is 11.6. The number of nitrogens with zero attached hydrogens (tertiary/aromatic N) is 2. The fraction of sp³-hybridized carbons (Fsp3) is 0.273. The molecule has 0 radical (unpaired) electrons. The number of carbonyl (C=O) groups is 1. The van der Waals surface area contributed by atoms with E-state index in [1.165, 1.54) is 24.0 Å². The highest BCUT2D eigenvalue weighted by Gasteiger charge is 2.24. The van der Waals surface area contributed by atoms with Gasteiger partial charge in [-0.25, -0.2) is 4.79 Å². The topological polar surface area (TPSA) is 83.9 Å². The van der Waals surface area contributed by atoms with Crippen LogP contribution in [0.15, 0.2) is 27.5 Å². The summed E-state index contributed by atoms with van der Waals surface area (Å²) < 4.78 is 25.9. The van der Waals surface area contributed by atoms with Crippen molar-refractivity contribution in [3.05, 3.63) is 23.8 Å². The van der Waals surface area contributed by atoms with Gasteiger partial charge >= 0.3 is 0 Å². The van der Waals surface area contributed by atoms with Crippen molar-refractivity contribution in [3.63, 3.8) is 0 Å². The molecule has 1 amide bonds. The molecule has 0 aliphatic carbocycles. The summed E-state index contributed by atoms with van der Waals surface area (Å²) in [5, 5.41) is 0. The molecule has 7 heteroatoms. The molecule has 1 aliphatic rings. The molecule has 0 N–H and O–H groups in total. The Morgan fingerprint density at radius 1 is 1.44 bits per heavy atom. The summed E-state index contributed by atoms with van der Waals surface area (Å²) >= 11 is 0. The Kier molecular flexibility index (Phi) is 3.02. The first kappa shape index (κ1) is 12.5. The molecular formula is C11H10N2O4S. The van der Waals surface area contributed by atoms with Crippen molar-refractivity contribution in [1.82, 2.24) is 0 Å². The Hall–Kier alpha value is -1.98. The lowest BCUT2D eigenvalue weighted by Gasteiger charge is -2.14. The quantitative estimate of drug-likeness (QED) is 0.580. The summed E-state index contributed by atoms with van der Waals surface area (Å²) in [5.74, 6) is -0.151. The second-order valence-electron chi connectivity index (χ2n) is 3.87. The van der Waals surface area contributed by atoms with E-state index in [-0.39, 0.29) is 10.8 Å². The van der Waals surface area contributed by atoms with E-state index in [9.17, 15) is 18.0 Å². The molecule has 0 fully saturated rings. The number of hydrogen-bond acceptors (Lipinski definition) is 4. The van der Waals surface area contributed by atoms with Crippen LogP contribution >= 0.6 is 0 Å². The number of rotatable bonds is 2. The van der Waals surface area contributed by atoms with Gasteiger partial charge < -0.3 is 4.90 Å². The second kappa shape index (κ2) is 4.36. The zero-order chi connectivity index (χ0) is 13.3. The zero-order valence-electron chi connectivity index (χ0n) is 9.58. The Morgan fingerprint density at radius 2 is 2.17 bits per heavy atom. The smallest absolute Gasteiger partial charge is 0.292 e. The van der Waals surface area contributed by atoms with Gasteiger partial charge in [-0.3, -0.25) is 4.79 Å². The largest absolute Gasteiger partial charge is 0.312 e. The van der Waals surface area contributed by atoms with Crippen molar-refractivity contribution in [2.24, 2.45) is 4.40 Å². The highest BCUT2D eigenvalue weighted by molar-refractivity contribution is 7.90. The van der Waals surface area contributed by atoms with Gasteiger partial charge in [0.15, 0.2) is 0 Å². The van der Waals surface area contributed by atoms with Crippen LogP contribution in [0.2, 0.25) is 0 Å². The minimum absolute atomic E-state index is 0.113. The monoisotopic (exact) mass is 266 g/mol. The van der Waals surface area contributed by atoms with E-state index >= 15 is 0 Å². The number of fused-ring (bicyclic) bond motifs is 1. The second-order valence-corrected chi connectivity index (χ2v) is 5.47. The van der Waals surface area contributed by atoms with E-state index < -0.39 is 10.0 Å². The van der Waals surface area contributed by atoms with Crippen molar-refractivity contribution in [2.45, 2.75) is 18.2 Å². The molecule has 0 aromatic heterocycles. The maximum Gasteiger partial charge on any atom is 0.292 e. The van der Waals surface area contributed by atoms with Crippen molar-refractivity contribution >= 4 is 27.7 Å². The molecule has 94 valence electrons. The summed E-state index contributed by atoms with van der Waals surface area (Å²) in [6.45, 7) is 1.95. The number of benzene rings is 1. The Morgan fingerprint density at radius 3 is 2.78 bits per heavy atom. The number of hydrogen-bond donors (Lipinski definition) is 0. The number of sulfonamides is 1. The Labute approximate surface area is 104 Å². The van der Waals surface area contributed by atoms with Gasteiger partial charge in [0.05, 0.1) is 4.90 Å². The highest BCUT2D eigenvalue weighted by Crippen LogP contribution is 2.30. The van der Waals surface area contributed by atoms with E-state index in [4.69, 9.17) is 0 Å². The fourth-order valence-electron chi connectivity index (χ4n) is 1.95. The minimum atomic E-state index is -4.02. The van der Waals surface area contributed by atoms with E-state index in [0.717, 1.165) is 11.6 Å². The van der Waals surface area contributed by atoms with Gasteiger partial charge in [-0.1, -0.05) is 10.5 Å². The van der Waals surface area contributed by atoms with Crippen LogP contribution in [0.1, 0.15) is 12.5 Å². The van der Waals surface area contributed by atoms with E-state index in [0.29, 0.717) is 18.7 Å². The predicted molar refractivity (Wildman–Crippen MR) is 63.5 cm³/mol. The fourth-order valence-corrected chi connectivity index (χ4v) is 2.65. The molecule has 1 aliphatic heterocycles. The first-order valence-electron chi connectivity index (χ1n) is 5.21. The number of isocyanates is 1. The van der Waals surface area contributed by atoms with Crippen molar-refractivity contribution in [1.29, 1.82) is 0 Å². The molecule has 6 nitrogen and oxygen atoms in total. The van der Waals surface area contributed by atoms with Gasteiger partial charge in [-0.2, -0.15) is 8.42 Å². The van der Waals surface area contributed by atoms with Gasteiger partial charge in [0.25, 0.3) is 16.1 Å². The summed E-state index contributed by atoms with van der Waals surface area (Å²) in [6.07, 6.45) is 1.70. The average molecular weight is 266 g/mol. The molecule has 2 rings (SSSR count). The van der Waals surface area contributed by atoms with Gasteiger partial charge in [-0.05, 0) is 24.1 Å². The number of anilines is 1. The summed E-state index contributed by atoms with van der Waals surface area (Å²) in [7, 11) is -4.02. The van der Waals surface area contributed by atoms with Gasteiger partial charge in [0.1, 0.15) is 0 Å². The van der Waals surface area contributed by atoms with Gasteiger partial charge in [0.2, 0.25) is 5.91 Å². The normalized spacial score (nSPS) is 13.9. The predicted octanol–water partition coefficient (Wildman–Crippen LogP) is 0.620. The molecule has 18 heavy (non-hydrogen) atoms. The lowest BCUT2D eigenvalue weighted by Crippen LogP contribution is -2.25. The summed E-state index contributed by atoms with van der Waals surface area (Å²) in [5.41, 5.74) is 1.46. The van der Waals surface area contributed by atoms with Crippen molar-refractivity contribution in [2.75, 3.05) is 11.4 Å². The van der Waals surface area contributed by atoms with Crippen LogP contribution in [0.5, 0.6) is 0 Å². The molecule has 0 spiro atoms. The van der Waals surface area contributed by atoms with Crippen LogP contribution < -0.4 is 4.90 Å². The molecule has 0 saturated carbocycles.